The lowest BCUT2D eigenvalue weighted by Crippen LogP contribution is -2.31. The molecule has 1 heterocycles. The molecule has 1 amide bonds. The number of phenols is 1. The largest absolute Gasteiger partial charge is 0.508 e. The third-order valence-corrected chi connectivity index (χ3v) is 3.15. The summed E-state index contributed by atoms with van der Waals surface area (Å²) in [4.78, 5) is 18.2. The standard InChI is InChI=1S/C16H17FN2O2/c1-3-19(10-12-6-4-5-11(2)18-12)16(21)14-8-7-13(20)9-15(14)17/h4-9,20H,3,10H2,1-2H3. The number of aromatic hydroxyl groups is 1. The van der Waals surface area contributed by atoms with E-state index in [1.54, 1.807) is 0 Å². The monoisotopic (exact) mass is 288 g/mol. The Morgan fingerprint density at radius 2 is 2.10 bits per heavy atom. The molecule has 21 heavy (non-hydrogen) atoms. The van der Waals surface area contributed by atoms with Crippen LogP contribution in [-0.4, -0.2) is 27.4 Å². The number of benzene rings is 1. The first-order valence-corrected chi connectivity index (χ1v) is 6.71. The quantitative estimate of drug-likeness (QED) is 0.941. The molecule has 2 aromatic rings. The predicted molar refractivity (Wildman–Crippen MR) is 77.5 cm³/mol. The Morgan fingerprint density at radius 1 is 1.33 bits per heavy atom. The molecule has 0 bridgehead atoms. The molecule has 0 unspecified atom stereocenters. The molecule has 1 N–H and O–H groups in total. The highest BCUT2D eigenvalue weighted by Gasteiger charge is 2.19. The van der Waals surface area contributed by atoms with E-state index in [4.69, 9.17) is 0 Å². The summed E-state index contributed by atoms with van der Waals surface area (Å²) in [5.74, 6) is -1.35. The fourth-order valence-electron chi connectivity index (χ4n) is 2.06. The lowest BCUT2D eigenvalue weighted by molar-refractivity contribution is 0.0745. The number of aryl methyl sites for hydroxylation is 1. The summed E-state index contributed by atoms with van der Waals surface area (Å²) in [7, 11) is 0. The number of amides is 1. The van der Waals surface area contributed by atoms with Crippen LogP contribution in [-0.2, 0) is 6.54 Å². The van der Waals surface area contributed by atoms with Gasteiger partial charge in [-0.2, -0.15) is 0 Å². The highest BCUT2D eigenvalue weighted by atomic mass is 19.1. The van der Waals surface area contributed by atoms with Gasteiger partial charge < -0.3 is 10.0 Å². The van der Waals surface area contributed by atoms with Crippen LogP contribution in [0.25, 0.3) is 0 Å². The molecule has 0 saturated heterocycles. The Kier molecular flexibility index (Phi) is 4.52. The van der Waals surface area contributed by atoms with E-state index in [0.29, 0.717) is 13.1 Å². The SMILES string of the molecule is CCN(Cc1cccc(C)n1)C(=O)c1ccc(O)cc1F. The third kappa shape index (κ3) is 3.56. The van der Waals surface area contributed by atoms with Gasteiger partial charge in [-0.3, -0.25) is 9.78 Å². The number of carbonyl (C=O) groups is 1. The average Bonchev–Trinajstić information content (AvgIpc) is 2.44. The van der Waals surface area contributed by atoms with Crippen molar-refractivity contribution in [3.8, 4) is 5.75 Å². The van der Waals surface area contributed by atoms with E-state index in [1.165, 1.54) is 17.0 Å². The molecule has 0 atom stereocenters. The van der Waals surface area contributed by atoms with Gasteiger partial charge in [-0.15, -0.1) is 0 Å². The Bertz CT molecular complexity index is 658. The van der Waals surface area contributed by atoms with Crippen molar-refractivity contribution in [3.63, 3.8) is 0 Å². The predicted octanol–water partition coefficient (Wildman–Crippen LogP) is 2.90. The second kappa shape index (κ2) is 6.35. The number of aromatic nitrogens is 1. The van der Waals surface area contributed by atoms with Gasteiger partial charge in [0.15, 0.2) is 0 Å². The normalized spacial score (nSPS) is 10.4. The van der Waals surface area contributed by atoms with Crippen molar-refractivity contribution in [2.75, 3.05) is 6.54 Å². The smallest absolute Gasteiger partial charge is 0.257 e. The molecular weight excluding hydrogens is 271 g/mol. The number of hydrogen-bond acceptors (Lipinski definition) is 3. The molecule has 0 fully saturated rings. The van der Waals surface area contributed by atoms with Gasteiger partial charge in [-0.25, -0.2) is 4.39 Å². The van der Waals surface area contributed by atoms with Crippen LogP contribution in [0.4, 0.5) is 4.39 Å². The minimum atomic E-state index is -0.726. The Balaban J connectivity index is 2.22. The molecular formula is C16H17FN2O2. The number of hydrogen-bond donors (Lipinski definition) is 1. The molecule has 0 radical (unpaired) electrons. The van der Waals surface area contributed by atoms with Crippen molar-refractivity contribution in [2.24, 2.45) is 0 Å². The Morgan fingerprint density at radius 3 is 2.71 bits per heavy atom. The molecule has 0 spiro atoms. The van der Waals surface area contributed by atoms with Gasteiger partial charge in [0, 0.05) is 18.3 Å². The fraction of sp³-hybridized carbons (Fsp3) is 0.250. The second-order valence-electron chi connectivity index (χ2n) is 4.75. The zero-order valence-electron chi connectivity index (χ0n) is 12.0. The maximum atomic E-state index is 13.8. The molecule has 2 rings (SSSR count). The molecule has 0 aliphatic carbocycles. The van der Waals surface area contributed by atoms with Gasteiger partial charge in [0.25, 0.3) is 5.91 Å². The van der Waals surface area contributed by atoms with Crippen molar-refractivity contribution in [1.82, 2.24) is 9.88 Å². The van der Waals surface area contributed by atoms with E-state index in [-0.39, 0.29) is 11.3 Å². The molecule has 0 aliphatic heterocycles. The maximum Gasteiger partial charge on any atom is 0.257 e. The summed E-state index contributed by atoms with van der Waals surface area (Å²) in [5, 5.41) is 9.21. The van der Waals surface area contributed by atoms with Crippen molar-refractivity contribution < 1.29 is 14.3 Å². The van der Waals surface area contributed by atoms with Crippen molar-refractivity contribution in [1.29, 1.82) is 0 Å². The highest BCUT2D eigenvalue weighted by molar-refractivity contribution is 5.94. The van der Waals surface area contributed by atoms with Crippen LogP contribution in [0.5, 0.6) is 5.75 Å². The summed E-state index contributed by atoms with van der Waals surface area (Å²) in [5.41, 5.74) is 1.57. The number of rotatable bonds is 4. The van der Waals surface area contributed by atoms with E-state index in [1.807, 2.05) is 32.0 Å². The number of pyridine rings is 1. The van der Waals surface area contributed by atoms with Gasteiger partial charge in [0.2, 0.25) is 0 Å². The zero-order chi connectivity index (χ0) is 15.4. The van der Waals surface area contributed by atoms with Gasteiger partial charge in [-0.1, -0.05) is 6.07 Å². The number of phenolic OH excluding ortho intramolecular Hbond substituents is 1. The van der Waals surface area contributed by atoms with E-state index >= 15 is 0 Å². The van der Waals surface area contributed by atoms with Crippen LogP contribution in [0.2, 0.25) is 0 Å². The van der Waals surface area contributed by atoms with Crippen molar-refractivity contribution in [3.05, 3.63) is 59.2 Å². The second-order valence-corrected chi connectivity index (χ2v) is 4.75. The van der Waals surface area contributed by atoms with Crippen molar-refractivity contribution >= 4 is 5.91 Å². The molecule has 1 aromatic carbocycles. The van der Waals surface area contributed by atoms with Gasteiger partial charge >= 0.3 is 0 Å². The Hall–Kier alpha value is -2.43. The van der Waals surface area contributed by atoms with E-state index in [9.17, 15) is 14.3 Å². The lowest BCUT2D eigenvalue weighted by Gasteiger charge is -2.21. The summed E-state index contributed by atoms with van der Waals surface area (Å²) in [6, 6.07) is 9.11. The minimum absolute atomic E-state index is 0.0534. The molecule has 5 heteroatoms. The molecule has 0 aliphatic rings. The lowest BCUT2D eigenvalue weighted by atomic mass is 10.1. The first-order valence-electron chi connectivity index (χ1n) is 6.71. The first-order chi connectivity index (χ1) is 10.0. The van der Waals surface area contributed by atoms with E-state index in [0.717, 1.165) is 17.5 Å². The van der Waals surface area contributed by atoms with Crippen LogP contribution in [0.3, 0.4) is 0 Å². The van der Waals surface area contributed by atoms with Crippen LogP contribution in [0.15, 0.2) is 36.4 Å². The van der Waals surface area contributed by atoms with Gasteiger partial charge in [0.05, 0.1) is 17.8 Å². The van der Waals surface area contributed by atoms with Crippen molar-refractivity contribution in [2.45, 2.75) is 20.4 Å². The maximum absolute atomic E-state index is 13.8. The summed E-state index contributed by atoms with van der Waals surface area (Å²) < 4.78 is 13.8. The van der Waals surface area contributed by atoms with Crippen LogP contribution >= 0.6 is 0 Å². The Labute approximate surface area is 122 Å². The zero-order valence-corrected chi connectivity index (χ0v) is 12.0. The molecule has 110 valence electrons. The van der Waals surface area contributed by atoms with Crippen LogP contribution in [0, 0.1) is 12.7 Å². The minimum Gasteiger partial charge on any atom is -0.508 e. The van der Waals surface area contributed by atoms with E-state index < -0.39 is 11.7 Å². The van der Waals surface area contributed by atoms with Gasteiger partial charge in [0.1, 0.15) is 11.6 Å². The number of nitrogens with zero attached hydrogens (tertiary/aromatic N) is 2. The summed E-state index contributed by atoms with van der Waals surface area (Å²) in [6.45, 7) is 4.46. The first kappa shape index (κ1) is 15.0. The molecule has 0 saturated carbocycles. The summed E-state index contributed by atoms with van der Waals surface area (Å²) >= 11 is 0. The van der Waals surface area contributed by atoms with Gasteiger partial charge in [-0.05, 0) is 38.1 Å². The van der Waals surface area contributed by atoms with Crippen LogP contribution < -0.4 is 0 Å². The average molecular weight is 288 g/mol. The number of carbonyl (C=O) groups excluding carboxylic acids is 1. The number of halogens is 1. The highest BCUT2D eigenvalue weighted by Crippen LogP contribution is 2.17. The summed E-state index contributed by atoms with van der Waals surface area (Å²) in [6.07, 6.45) is 0. The molecule has 1 aromatic heterocycles. The van der Waals surface area contributed by atoms with Crippen LogP contribution in [0.1, 0.15) is 28.7 Å². The van der Waals surface area contributed by atoms with E-state index in [2.05, 4.69) is 4.98 Å². The third-order valence-electron chi connectivity index (χ3n) is 3.15. The molecule has 4 nitrogen and oxygen atoms in total. The topological polar surface area (TPSA) is 53.4 Å². The fourth-order valence-corrected chi connectivity index (χ4v) is 2.06.